The van der Waals surface area contributed by atoms with Crippen molar-refractivity contribution in [3.05, 3.63) is 76.1 Å². The second-order valence-corrected chi connectivity index (χ2v) is 5.60. The van der Waals surface area contributed by atoms with Gasteiger partial charge in [0.1, 0.15) is 18.1 Å². The lowest BCUT2D eigenvalue weighted by Crippen LogP contribution is -2.06. The van der Waals surface area contributed by atoms with Crippen LogP contribution in [0.5, 0.6) is 0 Å². The highest BCUT2D eigenvalue weighted by atomic mass is 79.9. The molecule has 0 unspecified atom stereocenters. The molecule has 3 rings (SSSR count). The van der Waals surface area contributed by atoms with Crippen molar-refractivity contribution in [1.82, 2.24) is 5.16 Å². The summed E-state index contributed by atoms with van der Waals surface area (Å²) >= 11 is 3.30. The Labute approximate surface area is 140 Å². The maximum absolute atomic E-state index is 12.9. The van der Waals surface area contributed by atoms with Gasteiger partial charge in [-0.25, -0.2) is 9.18 Å². The zero-order chi connectivity index (χ0) is 16.2. The molecule has 1 aromatic heterocycles. The molecule has 0 aliphatic rings. The minimum absolute atomic E-state index is 0.00907. The van der Waals surface area contributed by atoms with E-state index in [4.69, 9.17) is 9.26 Å². The Bertz CT molecular complexity index is 830. The van der Waals surface area contributed by atoms with Gasteiger partial charge in [0.25, 0.3) is 0 Å². The molecule has 0 bridgehead atoms. The van der Waals surface area contributed by atoms with E-state index in [1.54, 1.807) is 36.4 Å². The third kappa shape index (κ3) is 3.65. The van der Waals surface area contributed by atoms with E-state index in [0.29, 0.717) is 27.1 Å². The summed E-state index contributed by atoms with van der Waals surface area (Å²) in [5.41, 5.74) is 1.61. The highest BCUT2D eigenvalue weighted by molar-refractivity contribution is 9.10. The predicted octanol–water partition coefficient (Wildman–Crippen LogP) is 4.60. The number of carbonyl (C=O) groups excluding carboxylic acids is 1. The minimum Gasteiger partial charge on any atom is -0.455 e. The maximum Gasteiger partial charge on any atom is 0.339 e. The summed E-state index contributed by atoms with van der Waals surface area (Å²) in [6.07, 6.45) is 0. The van der Waals surface area contributed by atoms with Gasteiger partial charge in [-0.3, -0.25) is 0 Å². The van der Waals surface area contributed by atoms with E-state index < -0.39 is 5.97 Å². The Morgan fingerprint density at radius 3 is 2.65 bits per heavy atom. The molecule has 0 spiro atoms. The van der Waals surface area contributed by atoms with Crippen LogP contribution in [0.1, 0.15) is 16.1 Å². The third-order valence-electron chi connectivity index (χ3n) is 3.13. The highest BCUT2D eigenvalue weighted by Crippen LogP contribution is 2.22. The SMILES string of the molecule is O=C(OCc1cc(-c2ccc(F)cc2)on1)c1ccccc1Br. The smallest absolute Gasteiger partial charge is 0.339 e. The molecule has 6 heteroatoms. The Hall–Kier alpha value is -2.47. The third-order valence-corrected chi connectivity index (χ3v) is 3.82. The molecule has 0 saturated carbocycles. The van der Waals surface area contributed by atoms with Crippen LogP contribution in [0.3, 0.4) is 0 Å². The lowest BCUT2D eigenvalue weighted by molar-refractivity contribution is 0.0463. The van der Waals surface area contributed by atoms with Crippen molar-refractivity contribution in [3.63, 3.8) is 0 Å². The van der Waals surface area contributed by atoms with Gasteiger partial charge in [0, 0.05) is 16.1 Å². The van der Waals surface area contributed by atoms with Crippen LogP contribution < -0.4 is 0 Å². The first-order chi connectivity index (χ1) is 11.1. The fourth-order valence-electron chi connectivity index (χ4n) is 1.97. The van der Waals surface area contributed by atoms with E-state index in [-0.39, 0.29) is 12.4 Å². The molecule has 0 N–H and O–H groups in total. The topological polar surface area (TPSA) is 52.3 Å². The summed E-state index contributed by atoms with van der Waals surface area (Å²) in [5.74, 6) is -0.295. The van der Waals surface area contributed by atoms with E-state index in [1.807, 2.05) is 6.07 Å². The number of hydrogen-bond donors (Lipinski definition) is 0. The number of halogens is 2. The van der Waals surface area contributed by atoms with Crippen molar-refractivity contribution < 1.29 is 18.4 Å². The normalized spacial score (nSPS) is 10.5. The van der Waals surface area contributed by atoms with Gasteiger partial charge in [-0.1, -0.05) is 17.3 Å². The van der Waals surface area contributed by atoms with Crippen molar-refractivity contribution in [1.29, 1.82) is 0 Å². The molecule has 4 nitrogen and oxygen atoms in total. The van der Waals surface area contributed by atoms with Crippen LogP contribution in [0.4, 0.5) is 4.39 Å². The average molecular weight is 376 g/mol. The fraction of sp³-hybridized carbons (Fsp3) is 0.0588. The molecule has 0 aliphatic heterocycles. The lowest BCUT2D eigenvalue weighted by atomic mass is 10.1. The first-order valence-electron chi connectivity index (χ1n) is 6.76. The molecule has 116 valence electrons. The van der Waals surface area contributed by atoms with Gasteiger partial charge >= 0.3 is 5.97 Å². The number of rotatable bonds is 4. The number of aromatic nitrogens is 1. The van der Waals surface area contributed by atoms with Crippen molar-refractivity contribution in [2.75, 3.05) is 0 Å². The number of hydrogen-bond acceptors (Lipinski definition) is 4. The van der Waals surface area contributed by atoms with Crippen LogP contribution in [-0.4, -0.2) is 11.1 Å². The molecule has 0 atom stereocenters. The van der Waals surface area contributed by atoms with Gasteiger partial charge in [-0.05, 0) is 52.3 Å². The molecule has 0 amide bonds. The highest BCUT2D eigenvalue weighted by Gasteiger charge is 2.13. The Balaban J connectivity index is 1.67. The van der Waals surface area contributed by atoms with Crippen molar-refractivity contribution in [2.24, 2.45) is 0 Å². The van der Waals surface area contributed by atoms with E-state index in [2.05, 4.69) is 21.1 Å². The van der Waals surface area contributed by atoms with Crippen LogP contribution in [0, 0.1) is 5.82 Å². The Kier molecular flexibility index (Phi) is 4.52. The lowest BCUT2D eigenvalue weighted by Gasteiger charge is -2.03. The monoisotopic (exact) mass is 375 g/mol. The summed E-state index contributed by atoms with van der Waals surface area (Å²) in [6.45, 7) is -0.00907. The van der Waals surface area contributed by atoms with Crippen molar-refractivity contribution in [3.8, 4) is 11.3 Å². The van der Waals surface area contributed by atoms with E-state index in [9.17, 15) is 9.18 Å². The summed E-state index contributed by atoms with van der Waals surface area (Å²) < 4.78 is 24.0. The first-order valence-corrected chi connectivity index (χ1v) is 7.56. The largest absolute Gasteiger partial charge is 0.455 e. The number of ether oxygens (including phenoxy) is 1. The van der Waals surface area contributed by atoms with Crippen LogP contribution in [0.25, 0.3) is 11.3 Å². The zero-order valence-electron chi connectivity index (χ0n) is 11.8. The Morgan fingerprint density at radius 2 is 1.91 bits per heavy atom. The van der Waals surface area contributed by atoms with Gasteiger partial charge in [0.2, 0.25) is 0 Å². The maximum atomic E-state index is 12.9. The van der Waals surface area contributed by atoms with Crippen LogP contribution >= 0.6 is 15.9 Å². The molecule has 2 aromatic carbocycles. The average Bonchev–Trinajstić information content (AvgIpc) is 3.03. The van der Waals surface area contributed by atoms with Gasteiger partial charge in [-0.2, -0.15) is 0 Å². The molecule has 0 radical (unpaired) electrons. The summed E-state index contributed by atoms with van der Waals surface area (Å²) in [6, 6.07) is 14.5. The molecule has 0 aliphatic carbocycles. The van der Waals surface area contributed by atoms with Gasteiger partial charge < -0.3 is 9.26 Å². The van der Waals surface area contributed by atoms with Gasteiger partial charge in [-0.15, -0.1) is 0 Å². The van der Waals surface area contributed by atoms with E-state index >= 15 is 0 Å². The minimum atomic E-state index is -0.455. The number of esters is 1. The second-order valence-electron chi connectivity index (χ2n) is 4.75. The fourth-order valence-corrected chi connectivity index (χ4v) is 2.42. The second kappa shape index (κ2) is 6.75. The van der Waals surface area contributed by atoms with E-state index in [1.165, 1.54) is 12.1 Å². The molecule has 3 aromatic rings. The van der Waals surface area contributed by atoms with Crippen LogP contribution in [0.2, 0.25) is 0 Å². The number of carbonyl (C=O) groups is 1. The molecule has 0 fully saturated rings. The molecular formula is C17H11BrFNO3. The molecule has 1 heterocycles. The quantitative estimate of drug-likeness (QED) is 0.625. The predicted molar refractivity (Wildman–Crippen MR) is 85.2 cm³/mol. The van der Waals surface area contributed by atoms with Crippen LogP contribution in [-0.2, 0) is 11.3 Å². The first kappa shape index (κ1) is 15.4. The summed E-state index contributed by atoms with van der Waals surface area (Å²) in [4.78, 5) is 12.0. The standard InChI is InChI=1S/C17H11BrFNO3/c18-15-4-2-1-3-14(15)17(21)22-10-13-9-16(23-20-13)11-5-7-12(19)8-6-11/h1-9H,10H2. The number of benzene rings is 2. The molecule has 23 heavy (non-hydrogen) atoms. The van der Waals surface area contributed by atoms with Crippen molar-refractivity contribution >= 4 is 21.9 Å². The molecular weight excluding hydrogens is 365 g/mol. The summed E-state index contributed by atoms with van der Waals surface area (Å²) in [5, 5.41) is 3.85. The van der Waals surface area contributed by atoms with Gasteiger partial charge in [0.05, 0.1) is 5.56 Å². The van der Waals surface area contributed by atoms with E-state index in [0.717, 1.165) is 0 Å². The molecule has 0 saturated heterocycles. The van der Waals surface area contributed by atoms with Gasteiger partial charge in [0.15, 0.2) is 5.76 Å². The Morgan fingerprint density at radius 1 is 1.17 bits per heavy atom. The zero-order valence-corrected chi connectivity index (χ0v) is 13.4. The van der Waals surface area contributed by atoms with Crippen molar-refractivity contribution in [2.45, 2.75) is 6.61 Å². The van der Waals surface area contributed by atoms with Crippen LogP contribution in [0.15, 0.2) is 63.6 Å². The summed E-state index contributed by atoms with van der Waals surface area (Å²) in [7, 11) is 0. The number of nitrogens with zero attached hydrogens (tertiary/aromatic N) is 1.